The fraction of sp³-hybridized carbons (Fsp3) is 0.125. The molecule has 7 nitrogen and oxygen atoms in total. The molecule has 0 aliphatic carbocycles. The minimum atomic E-state index is -0.454. The summed E-state index contributed by atoms with van der Waals surface area (Å²) in [7, 11) is 1.61. The van der Waals surface area contributed by atoms with Crippen molar-refractivity contribution >= 4 is 35.2 Å². The van der Waals surface area contributed by atoms with Crippen LogP contribution in [0.4, 0.5) is 5.69 Å². The van der Waals surface area contributed by atoms with Gasteiger partial charge in [0, 0.05) is 5.69 Å². The van der Waals surface area contributed by atoms with Crippen molar-refractivity contribution in [1.29, 1.82) is 0 Å². The van der Waals surface area contributed by atoms with E-state index in [2.05, 4.69) is 15.8 Å². The molecule has 8 heteroatoms. The van der Waals surface area contributed by atoms with Crippen LogP contribution >= 0.6 is 12.2 Å². The molecule has 0 saturated heterocycles. The van der Waals surface area contributed by atoms with Crippen molar-refractivity contribution in [3.8, 4) is 17.2 Å². The maximum absolute atomic E-state index is 12.3. The lowest BCUT2D eigenvalue weighted by Crippen LogP contribution is -2.23. The van der Waals surface area contributed by atoms with Gasteiger partial charge < -0.3 is 19.5 Å². The lowest BCUT2D eigenvalue weighted by Gasteiger charge is -2.11. The van der Waals surface area contributed by atoms with Crippen LogP contribution in [0.3, 0.4) is 0 Å². The number of carbonyl (C=O) groups excluding carboxylic acids is 1. The Hall–Kier alpha value is -3.91. The Labute approximate surface area is 192 Å². The molecule has 3 aromatic rings. The molecule has 0 heterocycles. The van der Waals surface area contributed by atoms with Gasteiger partial charge in [0.15, 0.2) is 16.6 Å². The number of thiocarbonyl (C=S) groups is 1. The Bertz CT molecular complexity index is 1090. The van der Waals surface area contributed by atoms with Crippen molar-refractivity contribution in [2.45, 2.75) is 6.92 Å². The normalized spacial score (nSPS) is 10.4. The van der Waals surface area contributed by atoms with E-state index in [1.54, 1.807) is 55.8 Å². The fourth-order valence-electron chi connectivity index (χ4n) is 2.69. The zero-order valence-corrected chi connectivity index (χ0v) is 18.5. The molecule has 0 fully saturated rings. The lowest BCUT2D eigenvalue weighted by atomic mass is 10.2. The molecule has 0 spiro atoms. The highest BCUT2D eigenvalue weighted by atomic mass is 32.1. The van der Waals surface area contributed by atoms with Crippen LogP contribution in [0.1, 0.15) is 22.8 Å². The summed E-state index contributed by atoms with van der Waals surface area (Å²) in [4.78, 5) is 12.3. The average Bonchev–Trinajstić information content (AvgIpc) is 2.82. The molecular formula is C24H23N3O4S. The van der Waals surface area contributed by atoms with E-state index in [1.807, 2.05) is 37.3 Å². The second-order valence-corrected chi connectivity index (χ2v) is 6.86. The van der Waals surface area contributed by atoms with Gasteiger partial charge >= 0.3 is 5.97 Å². The van der Waals surface area contributed by atoms with Gasteiger partial charge in [-0.25, -0.2) is 4.79 Å². The van der Waals surface area contributed by atoms with Crippen molar-refractivity contribution in [1.82, 2.24) is 5.43 Å². The highest BCUT2D eigenvalue weighted by molar-refractivity contribution is 7.80. The second-order valence-electron chi connectivity index (χ2n) is 6.45. The smallest absolute Gasteiger partial charge is 0.343 e. The third-order valence-corrected chi connectivity index (χ3v) is 4.40. The monoisotopic (exact) mass is 449 g/mol. The third kappa shape index (κ3) is 6.55. The molecule has 0 aromatic heterocycles. The molecule has 0 aliphatic heterocycles. The van der Waals surface area contributed by atoms with Gasteiger partial charge in [0.1, 0.15) is 5.75 Å². The van der Waals surface area contributed by atoms with Crippen molar-refractivity contribution in [3.63, 3.8) is 0 Å². The van der Waals surface area contributed by atoms with Gasteiger partial charge in [0.05, 0.1) is 25.5 Å². The number of methoxy groups -OCH3 is 1. The number of benzene rings is 3. The number of esters is 1. The first-order valence-electron chi connectivity index (χ1n) is 9.87. The third-order valence-electron chi connectivity index (χ3n) is 4.21. The number of hydrogen-bond donors (Lipinski definition) is 2. The first kappa shape index (κ1) is 22.8. The molecule has 32 heavy (non-hydrogen) atoms. The number of hydrazone groups is 1. The summed E-state index contributed by atoms with van der Waals surface area (Å²) >= 11 is 5.25. The highest BCUT2D eigenvalue weighted by Gasteiger charge is 2.12. The van der Waals surface area contributed by atoms with E-state index in [1.165, 1.54) is 0 Å². The zero-order valence-electron chi connectivity index (χ0n) is 17.7. The van der Waals surface area contributed by atoms with Gasteiger partial charge in [0.2, 0.25) is 0 Å². The second kappa shape index (κ2) is 11.5. The number of nitrogens with zero attached hydrogens (tertiary/aromatic N) is 1. The van der Waals surface area contributed by atoms with Crippen LogP contribution in [-0.2, 0) is 0 Å². The molecule has 0 amide bonds. The molecule has 0 radical (unpaired) electrons. The van der Waals surface area contributed by atoms with Crippen LogP contribution in [0.2, 0.25) is 0 Å². The van der Waals surface area contributed by atoms with Gasteiger partial charge in [0.25, 0.3) is 0 Å². The van der Waals surface area contributed by atoms with Gasteiger partial charge in [-0.15, -0.1) is 0 Å². The summed E-state index contributed by atoms with van der Waals surface area (Å²) in [5.74, 6) is 1.09. The highest BCUT2D eigenvalue weighted by Crippen LogP contribution is 2.29. The van der Waals surface area contributed by atoms with E-state index < -0.39 is 5.97 Å². The molecule has 0 atom stereocenters. The molecular weight excluding hydrogens is 426 g/mol. The largest absolute Gasteiger partial charge is 0.497 e. The minimum absolute atomic E-state index is 0.336. The summed E-state index contributed by atoms with van der Waals surface area (Å²) in [6.45, 7) is 2.28. The van der Waals surface area contributed by atoms with E-state index in [4.69, 9.17) is 26.4 Å². The lowest BCUT2D eigenvalue weighted by molar-refractivity contribution is 0.0728. The number of nitrogens with one attached hydrogen (secondary N) is 2. The summed E-state index contributed by atoms with van der Waals surface area (Å²) in [6, 6.07) is 21.3. The van der Waals surface area contributed by atoms with E-state index in [0.29, 0.717) is 28.8 Å². The van der Waals surface area contributed by atoms with E-state index in [9.17, 15) is 4.79 Å². The summed E-state index contributed by atoms with van der Waals surface area (Å²) in [5.41, 5.74) is 4.77. The SMILES string of the molecule is CCOc1cc(/C=N/NC(=S)Nc2ccc(OC)cc2)ccc1OC(=O)c1ccccc1. The predicted octanol–water partition coefficient (Wildman–Crippen LogP) is 4.63. The average molecular weight is 450 g/mol. The number of rotatable bonds is 8. The molecule has 0 bridgehead atoms. The van der Waals surface area contributed by atoms with Gasteiger partial charge in [-0.3, -0.25) is 5.43 Å². The molecule has 3 aromatic carbocycles. The first-order valence-corrected chi connectivity index (χ1v) is 10.3. The molecule has 0 saturated carbocycles. The van der Waals surface area contributed by atoms with E-state index >= 15 is 0 Å². The van der Waals surface area contributed by atoms with Crippen molar-refractivity contribution in [3.05, 3.63) is 83.9 Å². The van der Waals surface area contributed by atoms with E-state index in [-0.39, 0.29) is 0 Å². The van der Waals surface area contributed by atoms with Crippen molar-refractivity contribution in [2.75, 3.05) is 19.0 Å². The minimum Gasteiger partial charge on any atom is -0.497 e. The maximum Gasteiger partial charge on any atom is 0.343 e. The number of anilines is 1. The van der Waals surface area contributed by atoms with Crippen LogP contribution in [0, 0.1) is 0 Å². The quantitative estimate of drug-likeness (QED) is 0.171. The molecule has 164 valence electrons. The molecule has 0 aliphatic rings. The Morgan fingerprint density at radius 1 is 1.03 bits per heavy atom. The topological polar surface area (TPSA) is 81.2 Å². The summed E-state index contributed by atoms with van der Waals surface area (Å²) in [5, 5.41) is 7.51. The van der Waals surface area contributed by atoms with Gasteiger partial charge in [-0.1, -0.05) is 18.2 Å². The predicted molar refractivity (Wildman–Crippen MR) is 129 cm³/mol. The first-order chi connectivity index (χ1) is 15.6. The summed E-state index contributed by atoms with van der Waals surface area (Å²) in [6.07, 6.45) is 1.59. The standard InChI is InChI=1S/C24H23N3O4S/c1-3-30-22-15-17(9-14-21(22)31-23(28)18-7-5-4-6-8-18)16-25-27-24(32)26-19-10-12-20(29-2)13-11-19/h4-16H,3H2,1-2H3,(H2,26,27,32)/b25-16+. The number of hydrogen-bond acceptors (Lipinski definition) is 6. The Balaban J connectivity index is 1.62. The number of ether oxygens (including phenoxy) is 3. The van der Waals surface area contributed by atoms with Gasteiger partial charge in [-0.2, -0.15) is 5.10 Å². The van der Waals surface area contributed by atoms with Crippen LogP contribution in [-0.4, -0.2) is 31.0 Å². The Morgan fingerprint density at radius 3 is 2.47 bits per heavy atom. The molecule has 3 rings (SSSR count). The Morgan fingerprint density at radius 2 is 1.78 bits per heavy atom. The van der Waals surface area contributed by atoms with Gasteiger partial charge in [-0.05, 0) is 79.3 Å². The van der Waals surface area contributed by atoms with Crippen LogP contribution in [0.25, 0.3) is 0 Å². The fourth-order valence-corrected chi connectivity index (χ4v) is 2.86. The number of carbonyl (C=O) groups is 1. The summed E-state index contributed by atoms with van der Waals surface area (Å²) < 4.78 is 16.3. The molecule has 2 N–H and O–H groups in total. The van der Waals surface area contributed by atoms with Crippen LogP contribution in [0.5, 0.6) is 17.2 Å². The Kier molecular flexibility index (Phi) is 8.16. The maximum atomic E-state index is 12.3. The van der Waals surface area contributed by atoms with Crippen LogP contribution in [0.15, 0.2) is 77.9 Å². The van der Waals surface area contributed by atoms with Crippen molar-refractivity contribution < 1.29 is 19.0 Å². The van der Waals surface area contributed by atoms with E-state index in [0.717, 1.165) is 17.0 Å². The van der Waals surface area contributed by atoms with Crippen molar-refractivity contribution in [2.24, 2.45) is 5.10 Å². The zero-order chi connectivity index (χ0) is 22.8. The molecule has 0 unspecified atom stereocenters. The van der Waals surface area contributed by atoms with Crippen LogP contribution < -0.4 is 25.0 Å².